The van der Waals surface area contributed by atoms with Gasteiger partial charge in [0.1, 0.15) is 5.75 Å². The Bertz CT molecular complexity index is 1430. The van der Waals surface area contributed by atoms with Crippen molar-refractivity contribution in [3.05, 3.63) is 60.5 Å². The largest absolute Gasteiger partial charge is 0.494 e. The summed E-state index contributed by atoms with van der Waals surface area (Å²) in [5, 5.41) is 11.4. The van der Waals surface area contributed by atoms with Gasteiger partial charge in [-0.25, -0.2) is 9.97 Å². The fraction of sp³-hybridized carbons (Fsp3) is 0.222. The van der Waals surface area contributed by atoms with E-state index < -0.39 is 0 Å². The molecular formula is C27H28N6O3S. The zero-order valence-electron chi connectivity index (χ0n) is 20.7. The molecule has 4 aromatic rings. The minimum absolute atomic E-state index is 0.297. The van der Waals surface area contributed by atoms with Gasteiger partial charge in [0.2, 0.25) is 11.9 Å². The zero-order chi connectivity index (χ0) is 25.8. The number of fused-ring (bicyclic) bond motifs is 1. The molecule has 0 atom stereocenters. The van der Waals surface area contributed by atoms with E-state index in [1.54, 1.807) is 18.4 Å². The molecule has 5 rings (SSSR count). The van der Waals surface area contributed by atoms with Gasteiger partial charge >= 0.3 is 0 Å². The summed E-state index contributed by atoms with van der Waals surface area (Å²) in [6.45, 7) is 6.23. The molecule has 3 heterocycles. The lowest BCUT2D eigenvalue weighted by Gasteiger charge is -2.31. The van der Waals surface area contributed by atoms with Crippen molar-refractivity contribution in [3.63, 3.8) is 0 Å². The van der Waals surface area contributed by atoms with Crippen LogP contribution in [-0.2, 0) is 9.53 Å². The van der Waals surface area contributed by atoms with Crippen molar-refractivity contribution in [2.75, 3.05) is 61.3 Å². The quantitative estimate of drug-likeness (QED) is 0.278. The van der Waals surface area contributed by atoms with Gasteiger partial charge in [-0.15, -0.1) is 11.3 Å². The molecule has 1 fully saturated rings. The summed E-state index contributed by atoms with van der Waals surface area (Å²) in [4.78, 5) is 24.0. The number of methoxy groups -OCH3 is 1. The maximum Gasteiger partial charge on any atom is 0.247 e. The number of nitrogens with zero attached hydrogens (tertiary/aromatic N) is 3. The zero-order valence-corrected chi connectivity index (χ0v) is 21.5. The van der Waals surface area contributed by atoms with Crippen LogP contribution in [0.25, 0.3) is 21.5 Å². The van der Waals surface area contributed by atoms with Crippen LogP contribution in [0.1, 0.15) is 0 Å². The van der Waals surface area contributed by atoms with E-state index in [2.05, 4.69) is 27.4 Å². The standard InChI is InChI=1S/C27H28N6O3S/c1-4-24(34)29-20-15-21(23(35-3)16-22(20)33-10-12-36-13-11-33)31-27-30-19-9-14-37-26(19)25(32-27)17-5-7-18(28-2)8-6-17/h4-9,14-16,28H,1,10-13H2,2-3H3,(H,29,34)(H,30,31,32). The number of morpholine rings is 1. The van der Waals surface area contributed by atoms with E-state index in [1.165, 1.54) is 6.08 Å². The molecule has 1 saturated heterocycles. The number of carbonyl (C=O) groups is 1. The Morgan fingerprint density at radius 2 is 1.92 bits per heavy atom. The van der Waals surface area contributed by atoms with Gasteiger partial charge in [-0.3, -0.25) is 4.79 Å². The van der Waals surface area contributed by atoms with Crippen LogP contribution in [0.4, 0.5) is 28.7 Å². The van der Waals surface area contributed by atoms with Gasteiger partial charge in [-0.05, 0) is 35.7 Å². The lowest BCUT2D eigenvalue weighted by Crippen LogP contribution is -2.36. The average molecular weight is 517 g/mol. The van der Waals surface area contributed by atoms with Crippen LogP contribution in [0.15, 0.2) is 60.5 Å². The number of benzene rings is 2. The van der Waals surface area contributed by atoms with E-state index in [0.29, 0.717) is 49.4 Å². The highest BCUT2D eigenvalue weighted by atomic mass is 32.1. The topological polar surface area (TPSA) is 101 Å². The Balaban J connectivity index is 1.56. The monoisotopic (exact) mass is 516 g/mol. The molecule has 190 valence electrons. The SMILES string of the molecule is C=CC(=O)Nc1cc(Nc2nc(-c3ccc(NC)cc3)c3sccc3n2)c(OC)cc1N1CCOCC1. The minimum Gasteiger partial charge on any atom is -0.494 e. The number of hydrogen-bond donors (Lipinski definition) is 3. The van der Waals surface area contributed by atoms with Crippen LogP contribution < -0.4 is 25.6 Å². The Kier molecular flexibility index (Phi) is 7.20. The molecule has 10 heteroatoms. The smallest absolute Gasteiger partial charge is 0.247 e. The molecule has 2 aromatic carbocycles. The van der Waals surface area contributed by atoms with Gasteiger partial charge < -0.3 is 30.3 Å². The molecule has 1 aliphatic rings. The number of ether oxygens (including phenoxy) is 2. The van der Waals surface area contributed by atoms with Crippen LogP contribution in [-0.4, -0.2) is 56.3 Å². The maximum atomic E-state index is 12.3. The number of carbonyl (C=O) groups excluding carboxylic acids is 1. The number of anilines is 5. The molecule has 0 saturated carbocycles. The summed E-state index contributed by atoms with van der Waals surface area (Å²) in [5.41, 5.74) is 5.82. The van der Waals surface area contributed by atoms with Crippen molar-refractivity contribution in [2.24, 2.45) is 0 Å². The van der Waals surface area contributed by atoms with Crippen LogP contribution in [0, 0.1) is 0 Å². The summed E-state index contributed by atoms with van der Waals surface area (Å²) in [5.74, 6) is 0.734. The molecule has 9 nitrogen and oxygen atoms in total. The van der Waals surface area contributed by atoms with Gasteiger partial charge in [-0.1, -0.05) is 18.7 Å². The number of thiophene rings is 1. The Hall–Kier alpha value is -4.15. The third kappa shape index (κ3) is 5.20. The van der Waals surface area contributed by atoms with Crippen molar-refractivity contribution in [1.29, 1.82) is 0 Å². The molecule has 37 heavy (non-hydrogen) atoms. The first kappa shape index (κ1) is 24.5. The van der Waals surface area contributed by atoms with E-state index in [4.69, 9.17) is 19.4 Å². The third-order valence-corrected chi connectivity index (χ3v) is 7.02. The Labute approximate surface area is 219 Å². The first-order chi connectivity index (χ1) is 18.1. The number of rotatable bonds is 8. The van der Waals surface area contributed by atoms with Gasteiger partial charge in [0.05, 0.1) is 53.3 Å². The lowest BCUT2D eigenvalue weighted by atomic mass is 10.1. The molecular weight excluding hydrogens is 488 g/mol. The van der Waals surface area contributed by atoms with Crippen LogP contribution in [0.2, 0.25) is 0 Å². The minimum atomic E-state index is -0.297. The molecule has 0 aliphatic carbocycles. The summed E-state index contributed by atoms with van der Waals surface area (Å²) in [7, 11) is 3.51. The summed E-state index contributed by atoms with van der Waals surface area (Å²) in [6.07, 6.45) is 1.25. The normalized spacial score (nSPS) is 13.3. The second kappa shape index (κ2) is 10.9. The van der Waals surface area contributed by atoms with E-state index in [1.807, 2.05) is 54.9 Å². The Morgan fingerprint density at radius 3 is 2.62 bits per heavy atom. The summed E-state index contributed by atoms with van der Waals surface area (Å²) >= 11 is 1.61. The highest BCUT2D eigenvalue weighted by Crippen LogP contribution is 2.39. The first-order valence-corrected chi connectivity index (χ1v) is 12.8. The van der Waals surface area contributed by atoms with E-state index in [9.17, 15) is 4.79 Å². The van der Waals surface area contributed by atoms with Gasteiger partial charge in [-0.2, -0.15) is 0 Å². The molecule has 2 aromatic heterocycles. The van der Waals surface area contributed by atoms with Crippen molar-refractivity contribution < 1.29 is 14.3 Å². The van der Waals surface area contributed by atoms with Crippen molar-refractivity contribution in [2.45, 2.75) is 0 Å². The lowest BCUT2D eigenvalue weighted by molar-refractivity contribution is -0.111. The molecule has 0 unspecified atom stereocenters. The van der Waals surface area contributed by atoms with Crippen molar-refractivity contribution >= 4 is 56.2 Å². The number of nitrogens with one attached hydrogen (secondary N) is 3. The molecule has 0 radical (unpaired) electrons. The van der Waals surface area contributed by atoms with E-state index >= 15 is 0 Å². The molecule has 1 aliphatic heterocycles. The molecule has 0 spiro atoms. The highest BCUT2D eigenvalue weighted by molar-refractivity contribution is 7.17. The molecule has 1 amide bonds. The third-order valence-electron chi connectivity index (χ3n) is 6.11. The predicted octanol–water partition coefficient (Wildman–Crippen LogP) is 5.11. The van der Waals surface area contributed by atoms with E-state index in [-0.39, 0.29) is 5.91 Å². The highest BCUT2D eigenvalue weighted by Gasteiger charge is 2.20. The fourth-order valence-electron chi connectivity index (χ4n) is 4.22. The first-order valence-electron chi connectivity index (χ1n) is 11.9. The van der Waals surface area contributed by atoms with E-state index in [0.717, 1.165) is 32.8 Å². The maximum absolute atomic E-state index is 12.3. The predicted molar refractivity (Wildman–Crippen MR) is 151 cm³/mol. The summed E-state index contributed by atoms with van der Waals surface area (Å²) in [6, 6.07) is 13.8. The summed E-state index contributed by atoms with van der Waals surface area (Å²) < 4.78 is 12.2. The van der Waals surface area contributed by atoms with Crippen molar-refractivity contribution in [1.82, 2.24) is 9.97 Å². The van der Waals surface area contributed by atoms with Gasteiger partial charge in [0.15, 0.2) is 0 Å². The molecule has 3 N–H and O–H groups in total. The molecule has 0 bridgehead atoms. The van der Waals surface area contributed by atoms with Gasteiger partial charge in [0, 0.05) is 37.5 Å². The number of amides is 1. The number of hydrogen-bond acceptors (Lipinski definition) is 9. The fourth-order valence-corrected chi connectivity index (χ4v) is 5.06. The van der Waals surface area contributed by atoms with Crippen LogP contribution >= 0.6 is 11.3 Å². The van der Waals surface area contributed by atoms with Crippen molar-refractivity contribution in [3.8, 4) is 17.0 Å². The second-order valence-electron chi connectivity index (χ2n) is 8.35. The average Bonchev–Trinajstić information content (AvgIpc) is 3.42. The number of aromatic nitrogens is 2. The van der Waals surface area contributed by atoms with Crippen LogP contribution in [0.3, 0.4) is 0 Å². The van der Waals surface area contributed by atoms with Crippen LogP contribution in [0.5, 0.6) is 5.75 Å². The van der Waals surface area contributed by atoms with Gasteiger partial charge in [0.25, 0.3) is 0 Å². The second-order valence-corrected chi connectivity index (χ2v) is 9.26. The Morgan fingerprint density at radius 1 is 1.14 bits per heavy atom.